The van der Waals surface area contributed by atoms with E-state index in [1.165, 1.54) is 31.2 Å². The van der Waals surface area contributed by atoms with Crippen LogP contribution in [-0.4, -0.2) is 17.6 Å². The fourth-order valence-electron chi connectivity index (χ4n) is 2.16. The average molecular weight is 467 g/mol. The van der Waals surface area contributed by atoms with E-state index < -0.39 is 60.2 Å². The monoisotopic (exact) mass is 467 g/mol. The molecule has 0 bridgehead atoms. The van der Waals surface area contributed by atoms with E-state index >= 15 is 0 Å². The van der Waals surface area contributed by atoms with Crippen molar-refractivity contribution in [2.24, 2.45) is 0 Å². The Morgan fingerprint density at radius 1 is 0.903 bits per heavy atom. The number of hydrogen-bond donors (Lipinski definition) is 1. The maximum absolute atomic E-state index is 14.0. The highest BCUT2D eigenvalue weighted by Gasteiger charge is 2.38. The Kier molecular flexibility index (Phi) is 7.33. The van der Waals surface area contributed by atoms with Crippen LogP contribution in [0.3, 0.4) is 0 Å². The molecule has 0 amide bonds. The van der Waals surface area contributed by atoms with Crippen molar-refractivity contribution in [1.82, 2.24) is 5.09 Å². The van der Waals surface area contributed by atoms with Gasteiger partial charge in [0.05, 0.1) is 0 Å². The molecule has 170 valence electrons. The van der Waals surface area contributed by atoms with E-state index in [0.717, 1.165) is 0 Å². The highest BCUT2D eigenvalue weighted by molar-refractivity contribution is 7.52. The van der Waals surface area contributed by atoms with E-state index in [1.807, 2.05) is 0 Å². The molecule has 0 aromatic heterocycles. The molecular weight excluding hydrogens is 448 g/mol. The standard InChI is InChI=1S/C19H19F5NO5P/c1-10(18(26)28-19(2,3)4)25-31(27,29-11-8-6-5-7-9-11)30-17-15(23)13(21)12(20)14(22)16(17)24/h5-10H,1-4H3,(H,25,27)/t10-,31?/m0/s1. The first-order valence-corrected chi connectivity index (χ1v) is 10.3. The minimum absolute atomic E-state index is 0.140. The molecule has 0 aliphatic rings. The van der Waals surface area contributed by atoms with Gasteiger partial charge in [0.25, 0.3) is 0 Å². The molecule has 0 spiro atoms. The summed E-state index contributed by atoms with van der Waals surface area (Å²) in [5, 5.41) is 2.09. The molecule has 0 aliphatic heterocycles. The fourth-order valence-corrected chi connectivity index (χ4v) is 3.68. The summed E-state index contributed by atoms with van der Waals surface area (Å²) >= 11 is 0. The fraction of sp³-hybridized carbons (Fsp3) is 0.316. The largest absolute Gasteiger partial charge is 0.513 e. The van der Waals surface area contributed by atoms with Crippen LogP contribution in [0, 0.1) is 29.1 Å². The second-order valence-electron chi connectivity index (χ2n) is 7.28. The summed E-state index contributed by atoms with van der Waals surface area (Å²) < 4.78 is 96.5. The van der Waals surface area contributed by atoms with Crippen LogP contribution in [0.15, 0.2) is 30.3 Å². The number of carbonyl (C=O) groups is 1. The van der Waals surface area contributed by atoms with Gasteiger partial charge >= 0.3 is 13.7 Å². The van der Waals surface area contributed by atoms with Crippen molar-refractivity contribution in [2.45, 2.75) is 39.3 Å². The van der Waals surface area contributed by atoms with Gasteiger partial charge in [0.2, 0.25) is 34.8 Å². The number of ether oxygens (including phenoxy) is 1. The van der Waals surface area contributed by atoms with Crippen LogP contribution in [0.25, 0.3) is 0 Å². The maximum atomic E-state index is 14.0. The Morgan fingerprint density at radius 3 is 1.87 bits per heavy atom. The molecule has 0 saturated carbocycles. The van der Waals surface area contributed by atoms with E-state index in [2.05, 4.69) is 9.61 Å². The van der Waals surface area contributed by atoms with Gasteiger partial charge in [0.15, 0.2) is 0 Å². The second kappa shape index (κ2) is 9.23. The normalized spacial score (nSPS) is 14.5. The van der Waals surface area contributed by atoms with Gasteiger partial charge < -0.3 is 13.8 Å². The molecule has 1 unspecified atom stereocenters. The predicted molar refractivity (Wildman–Crippen MR) is 100.0 cm³/mol. The van der Waals surface area contributed by atoms with Crippen LogP contribution in [-0.2, 0) is 14.1 Å². The summed E-state index contributed by atoms with van der Waals surface area (Å²) in [6.45, 7) is 5.85. The van der Waals surface area contributed by atoms with Gasteiger partial charge in [0.1, 0.15) is 17.4 Å². The number of rotatable bonds is 7. The summed E-state index contributed by atoms with van der Waals surface area (Å²) in [5.74, 6) is -14.7. The van der Waals surface area contributed by atoms with Crippen molar-refractivity contribution in [2.75, 3.05) is 0 Å². The Balaban J connectivity index is 2.44. The molecule has 2 atom stereocenters. The SMILES string of the molecule is C[C@H](NP(=O)(Oc1ccccc1)Oc1c(F)c(F)c(F)c(F)c1F)C(=O)OC(C)(C)C. The highest BCUT2D eigenvalue weighted by atomic mass is 31.2. The molecule has 2 aromatic carbocycles. The van der Waals surface area contributed by atoms with Crippen molar-refractivity contribution in [3.8, 4) is 11.5 Å². The molecule has 31 heavy (non-hydrogen) atoms. The Labute approximate surface area is 174 Å². The molecule has 6 nitrogen and oxygen atoms in total. The quantitative estimate of drug-likeness (QED) is 0.197. The second-order valence-corrected chi connectivity index (χ2v) is 8.89. The van der Waals surface area contributed by atoms with Gasteiger partial charge in [-0.3, -0.25) is 4.79 Å². The summed E-state index contributed by atoms with van der Waals surface area (Å²) in [7, 11) is -4.93. The topological polar surface area (TPSA) is 73.9 Å². The smallest absolute Gasteiger partial charge is 0.459 e. The zero-order valence-electron chi connectivity index (χ0n) is 16.8. The third-order valence-electron chi connectivity index (χ3n) is 3.46. The van der Waals surface area contributed by atoms with E-state index in [-0.39, 0.29) is 5.75 Å². The molecule has 0 radical (unpaired) electrons. The predicted octanol–water partition coefficient (Wildman–Crippen LogP) is 5.27. The number of para-hydroxylation sites is 1. The third-order valence-corrected chi connectivity index (χ3v) is 5.04. The van der Waals surface area contributed by atoms with Crippen LogP contribution >= 0.6 is 7.75 Å². The average Bonchev–Trinajstić information content (AvgIpc) is 2.67. The van der Waals surface area contributed by atoms with Crippen LogP contribution in [0.2, 0.25) is 0 Å². The van der Waals surface area contributed by atoms with Crippen LogP contribution < -0.4 is 14.1 Å². The first kappa shape index (κ1) is 24.6. The lowest BCUT2D eigenvalue weighted by atomic mass is 10.2. The van der Waals surface area contributed by atoms with Gasteiger partial charge in [-0.15, -0.1) is 0 Å². The number of carbonyl (C=O) groups excluding carboxylic acids is 1. The lowest BCUT2D eigenvalue weighted by molar-refractivity contribution is -0.156. The van der Waals surface area contributed by atoms with Crippen molar-refractivity contribution >= 4 is 13.7 Å². The minimum atomic E-state index is -4.93. The van der Waals surface area contributed by atoms with Gasteiger partial charge in [-0.2, -0.15) is 13.9 Å². The lowest BCUT2D eigenvalue weighted by Crippen LogP contribution is -2.39. The number of benzene rings is 2. The number of nitrogens with one attached hydrogen (secondary N) is 1. The Hall–Kier alpha value is -2.65. The number of halogens is 5. The molecule has 1 N–H and O–H groups in total. The van der Waals surface area contributed by atoms with Gasteiger partial charge in [0, 0.05) is 0 Å². The van der Waals surface area contributed by atoms with Crippen molar-refractivity contribution < 1.29 is 45.1 Å². The molecule has 0 aliphatic carbocycles. The number of esters is 1. The molecule has 0 heterocycles. The molecule has 12 heteroatoms. The summed E-state index contributed by atoms with van der Waals surface area (Å²) in [4.78, 5) is 12.2. The number of hydrogen-bond acceptors (Lipinski definition) is 5. The van der Waals surface area contributed by atoms with Gasteiger partial charge in [-0.1, -0.05) is 18.2 Å². The van der Waals surface area contributed by atoms with Crippen molar-refractivity contribution in [3.63, 3.8) is 0 Å². The summed E-state index contributed by atoms with van der Waals surface area (Å²) in [6.07, 6.45) is 0. The first-order chi connectivity index (χ1) is 14.2. The van der Waals surface area contributed by atoms with E-state index in [9.17, 15) is 31.3 Å². The van der Waals surface area contributed by atoms with Crippen LogP contribution in [0.5, 0.6) is 11.5 Å². The summed E-state index contributed by atoms with van der Waals surface area (Å²) in [6, 6.07) is 5.63. The molecular formula is C19H19F5NO5P. The van der Waals surface area contributed by atoms with Crippen LogP contribution in [0.4, 0.5) is 22.0 Å². The zero-order valence-corrected chi connectivity index (χ0v) is 17.7. The highest BCUT2D eigenvalue weighted by Crippen LogP contribution is 2.47. The van der Waals surface area contributed by atoms with Gasteiger partial charge in [-0.05, 0) is 39.8 Å². The van der Waals surface area contributed by atoms with Gasteiger partial charge in [-0.25, -0.2) is 17.7 Å². The van der Waals surface area contributed by atoms with Crippen molar-refractivity contribution in [3.05, 3.63) is 59.4 Å². The summed E-state index contributed by atoms with van der Waals surface area (Å²) in [5.41, 5.74) is -0.931. The Morgan fingerprint density at radius 2 is 1.39 bits per heavy atom. The lowest BCUT2D eigenvalue weighted by Gasteiger charge is -2.26. The Bertz CT molecular complexity index is 984. The maximum Gasteiger partial charge on any atom is 0.513 e. The first-order valence-electron chi connectivity index (χ1n) is 8.80. The van der Waals surface area contributed by atoms with Crippen LogP contribution in [0.1, 0.15) is 27.7 Å². The molecule has 0 fully saturated rings. The van der Waals surface area contributed by atoms with E-state index in [0.29, 0.717) is 0 Å². The molecule has 2 rings (SSSR count). The molecule has 2 aromatic rings. The zero-order chi connectivity index (χ0) is 23.6. The van der Waals surface area contributed by atoms with E-state index in [4.69, 9.17) is 9.26 Å². The third kappa shape index (κ3) is 6.18. The minimum Gasteiger partial charge on any atom is -0.459 e. The molecule has 0 saturated heterocycles. The van der Waals surface area contributed by atoms with Crippen molar-refractivity contribution in [1.29, 1.82) is 0 Å². The van der Waals surface area contributed by atoms with E-state index in [1.54, 1.807) is 26.8 Å².